The molecule has 41 heavy (non-hydrogen) atoms. The molecule has 5 aliphatic heterocycles. The Labute approximate surface area is 237 Å². The van der Waals surface area contributed by atoms with Gasteiger partial charge in [0.15, 0.2) is 0 Å². The number of rotatable bonds is 2. The van der Waals surface area contributed by atoms with Crippen LogP contribution in [-0.2, 0) is 42.8 Å². The first kappa shape index (κ1) is 26.6. The SMILES string of the molecule is CC(=O)OC1CC2(O)CC34OC(=O)CC3OC(C)(C)C4CC(O)C2C23OC2CC2C(C)C(C4C=C(C)C(=O)O4)OC123. The van der Waals surface area contributed by atoms with Crippen molar-refractivity contribution < 1.29 is 53.0 Å². The zero-order valence-corrected chi connectivity index (χ0v) is 24.0. The van der Waals surface area contributed by atoms with Gasteiger partial charge in [0.2, 0.25) is 0 Å². The summed E-state index contributed by atoms with van der Waals surface area (Å²) in [5, 5.41) is 24.8. The predicted octanol–water partition coefficient (Wildman–Crippen LogP) is 1.11. The van der Waals surface area contributed by atoms with Crippen molar-refractivity contribution in [2.75, 3.05) is 0 Å². The predicted molar refractivity (Wildman–Crippen MR) is 136 cm³/mol. The van der Waals surface area contributed by atoms with Gasteiger partial charge in [-0.15, -0.1) is 0 Å². The van der Waals surface area contributed by atoms with Gasteiger partial charge in [0.25, 0.3) is 0 Å². The molecule has 5 heterocycles. The van der Waals surface area contributed by atoms with Crippen molar-refractivity contribution in [2.24, 2.45) is 23.7 Å². The molecule has 14 unspecified atom stereocenters. The van der Waals surface area contributed by atoms with Crippen LogP contribution in [0.4, 0.5) is 0 Å². The highest BCUT2D eigenvalue weighted by Crippen LogP contribution is 2.76. The minimum atomic E-state index is -1.61. The van der Waals surface area contributed by atoms with Crippen LogP contribution in [0.25, 0.3) is 0 Å². The lowest BCUT2D eigenvalue weighted by Crippen LogP contribution is -2.73. The van der Waals surface area contributed by atoms with Gasteiger partial charge in [-0.25, -0.2) is 4.79 Å². The molecule has 0 aromatic carbocycles. The standard InChI is InChI=1S/C30H38O11/c1-12-6-17(37-25(12)34)23-13(2)15-7-20-30(39-20)24-16(32)8-18-26(4,5)38-19-9-22(33)40-28(18,19)11-27(24,35)10-21(36-14(3)31)29(15,30)41-23/h6,13,15-21,23-24,32,35H,7-11H2,1-5H3. The molecule has 8 rings (SSSR count). The van der Waals surface area contributed by atoms with Gasteiger partial charge in [-0.3, -0.25) is 9.59 Å². The van der Waals surface area contributed by atoms with E-state index in [0.29, 0.717) is 12.0 Å². The van der Waals surface area contributed by atoms with Gasteiger partial charge in [-0.05, 0) is 45.6 Å². The van der Waals surface area contributed by atoms with Crippen molar-refractivity contribution in [3.8, 4) is 0 Å². The van der Waals surface area contributed by atoms with Gasteiger partial charge in [-0.1, -0.05) is 6.92 Å². The Kier molecular flexibility index (Phi) is 5.00. The number of fused-ring (bicyclic) bond motifs is 1. The lowest BCUT2D eigenvalue weighted by Gasteiger charge is -2.56. The molecule has 0 amide bonds. The second-order valence-electron chi connectivity index (χ2n) is 14.5. The molecule has 3 spiro atoms. The molecule has 3 saturated carbocycles. The summed E-state index contributed by atoms with van der Waals surface area (Å²) in [4.78, 5) is 37.5. The highest BCUT2D eigenvalue weighted by atomic mass is 16.7. The molecule has 11 heteroatoms. The Hall–Kier alpha value is -2.05. The summed E-state index contributed by atoms with van der Waals surface area (Å²) in [6.45, 7) is 8.96. The zero-order chi connectivity index (χ0) is 29.1. The Bertz CT molecular complexity index is 1290. The molecular formula is C30H38O11. The topological polar surface area (TPSA) is 150 Å². The fraction of sp³-hybridized carbons (Fsp3) is 0.833. The summed E-state index contributed by atoms with van der Waals surface area (Å²) >= 11 is 0. The molecule has 2 N–H and O–H groups in total. The number of aliphatic hydroxyl groups excluding tert-OH is 1. The molecule has 14 atom stereocenters. The molecule has 0 bridgehead atoms. The molecule has 8 aliphatic rings. The largest absolute Gasteiger partial charge is 0.459 e. The van der Waals surface area contributed by atoms with E-state index in [2.05, 4.69) is 6.92 Å². The summed E-state index contributed by atoms with van der Waals surface area (Å²) in [5.74, 6) is -2.66. The van der Waals surface area contributed by atoms with Gasteiger partial charge in [-0.2, -0.15) is 0 Å². The third-order valence-corrected chi connectivity index (χ3v) is 12.1. The van der Waals surface area contributed by atoms with Crippen molar-refractivity contribution >= 4 is 17.9 Å². The first-order valence-electron chi connectivity index (χ1n) is 14.9. The molecule has 4 saturated heterocycles. The summed E-state index contributed by atoms with van der Waals surface area (Å²) in [5.41, 5.74) is -5.22. The normalized spacial score (nSPS) is 57.2. The molecule has 224 valence electrons. The summed E-state index contributed by atoms with van der Waals surface area (Å²) in [6.07, 6.45) is -1.23. The van der Waals surface area contributed by atoms with Crippen LogP contribution in [0, 0.1) is 23.7 Å². The van der Waals surface area contributed by atoms with Crippen molar-refractivity contribution in [3.05, 3.63) is 11.6 Å². The number of esters is 3. The third kappa shape index (κ3) is 3.00. The molecule has 3 aliphatic carbocycles. The summed E-state index contributed by atoms with van der Waals surface area (Å²) in [7, 11) is 0. The van der Waals surface area contributed by atoms with Crippen LogP contribution in [0.2, 0.25) is 0 Å². The van der Waals surface area contributed by atoms with Crippen molar-refractivity contribution in [1.82, 2.24) is 0 Å². The third-order valence-electron chi connectivity index (χ3n) is 12.1. The number of cyclic esters (lactones) is 1. The van der Waals surface area contributed by atoms with Gasteiger partial charge in [0.1, 0.15) is 41.2 Å². The second-order valence-corrected chi connectivity index (χ2v) is 14.5. The maximum absolute atomic E-state index is 12.7. The van der Waals surface area contributed by atoms with Crippen LogP contribution >= 0.6 is 0 Å². The van der Waals surface area contributed by atoms with E-state index >= 15 is 0 Å². The maximum Gasteiger partial charge on any atom is 0.334 e. The van der Waals surface area contributed by atoms with E-state index in [1.807, 2.05) is 13.8 Å². The number of hydrogen-bond donors (Lipinski definition) is 2. The van der Waals surface area contributed by atoms with Crippen molar-refractivity contribution in [2.45, 2.75) is 131 Å². The van der Waals surface area contributed by atoms with Crippen LogP contribution in [0.15, 0.2) is 11.6 Å². The van der Waals surface area contributed by atoms with Gasteiger partial charge >= 0.3 is 17.9 Å². The monoisotopic (exact) mass is 574 g/mol. The summed E-state index contributed by atoms with van der Waals surface area (Å²) < 4.78 is 37.6. The first-order chi connectivity index (χ1) is 19.2. The van der Waals surface area contributed by atoms with Crippen LogP contribution < -0.4 is 0 Å². The smallest absolute Gasteiger partial charge is 0.334 e. The highest BCUT2D eigenvalue weighted by Gasteiger charge is 2.91. The Morgan fingerprint density at radius 2 is 1.85 bits per heavy atom. The van der Waals surface area contributed by atoms with Crippen molar-refractivity contribution in [1.29, 1.82) is 0 Å². The number of ether oxygens (including phenoxy) is 6. The van der Waals surface area contributed by atoms with E-state index in [4.69, 9.17) is 28.4 Å². The molecule has 7 fully saturated rings. The van der Waals surface area contributed by atoms with E-state index in [1.165, 1.54) is 6.92 Å². The van der Waals surface area contributed by atoms with Gasteiger partial charge < -0.3 is 38.6 Å². The van der Waals surface area contributed by atoms with Crippen LogP contribution in [0.3, 0.4) is 0 Å². The second kappa shape index (κ2) is 7.72. The summed E-state index contributed by atoms with van der Waals surface area (Å²) in [6, 6.07) is 0. The van der Waals surface area contributed by atoms with Crippen LogP contribution in [0.5, 0.6) is 0 Å². The number of hydrogen-bond acceptors (Lipinski definition) is 11. The van der Waals surface area contributed by atoms with E-state index < -0.39 is 70.4 Å². The van der Waals surface area contributed by atoms with E-state index in [0.717, 1.165) is 0 Å². The quantitative estimate of drug-likeness (QED) is 0.277. The minimum Gasteiger partial charge on any atom is -0.459 e. The van der Waals surface area contributed by atoms with Crippen LogP contribution in [0.1, 0.15) is 66.7 Å². The molecule has 0 aromatic rings. The Balaban J connectivity index is 1.26. The average molecular weight is 575 g/mol. The fourth-order valence-electron chi connectivity index (χ4n) is 10.9. The van der Waals surface area contributed by atoms with Crippen molar-refractivity contribution in [3.63, 3.8) is 0 Å². The maximum atomic E-state index is 12.7. The van der Waals surface area contributed by atoms with Gasteiger partial charge in [0.05, 0.1) is 29.8 Å². The fourth-order valence-corrected chi connectivity index (χ4v) is 10.9. The number of carbonyl (C=O) groups excluding carboxylic acids is 3. The highest BCUT2D eigenvalue weighted by molar-refractivity contribution is 5.90. The number of aliphatic hydroxyl groups is 2. The first-order valence-corrected chi connectivity index (χ1v) is 14.9. The zero-order valence-electron chi connectivity index (χ0n) is 24.0. The minimum absolute atomic E-state index is 0.0272. The molecule has 0 radical (unpaired) electrons. The molecular weight excluding hydrogens is 536 g/mol. The van der Waals surface area contributed by atoms with E-state index in [-0.39, 0.29) is 61.5 Å². The van der Waals surface area contributed by atoms with Crippen LogP contribution in [-0.4, -0.2) is 92.8 Å². The number of epoxide rings is 1. The van der Waals surface area contributed by atoms with E-state index in [1.54, 1.807) is 13.0 Å². The Morgan fingerprint density at radius 1 is 1.10 bits per heavy atom. The number of carbonyl (C=O) groups is 3. The molecule has 11 nitrogen and oxygen atoms in total. The average Bonchev–Trinajstić information content (AvgIpc) is 3.03. The Morgan fingerprint density at radius 3 is 2.54 bits per heavy atom. The lowest BCUT2D eigenvalue weighted by molar-refractivity contribution is -0.273. The molecule has 0 aromatic heterocycles. The lowest BCUT2D eigenvalue weighted by atomic mass is 9.55. The van der Waals surface area contributed by atoms with Gasteiger partial charge in [0, 0.05) is 43.1 Å². The van der Waals surface area contributed by atoms with E-state index in [9.17, 15) is 24.6 Å².